The van der Waals surface area contributed by atoms with Crippen LogP contribution in [0.5, 0.6) is 0 Å². The number of aliphatic carboxylic acids is 2. The van der Waals surface area contributed by atoms with E-state index in [1.165, 1.54) is 6.42 Å². The van der Waals surface area contributed by atoms with E-state index in [4.69, 9.17) is 10.2 Å². The minimum Gasteiger partial charge on any atom is -0.481 e. The predicted molar refractivity (Wildman–Crippen MR) is 71.4 cm³/mol. The molecule has 0 aromatic carbocycles. The Morgan fingerprint density at radius 1 is 1.30 bits per heavy atom. The summed E-state index contributed by atoms with van der Waals surface area (Å²) in [6.07, 6.45) is 2.99. The van der Waals surface area contributed by atoms with Crippen LogP contribution in [0.15, 0.2) is 0 Å². The summed E-state index contributed by atoms with van der Waals surface area (Å²) in [6, 6.07) is -1.59. The fraction of sp³-hybridized carbons (Fsp3) is 0.769. The quantitative estimate of drug-likeness (QED) is 0.620. The lowest BCUT2D eigenvalue weighted by Gasteiger charge is -2.32. The number of carbonyl (C=O) groups excluding carboxylic acids is 1. The van der Waals surface area contributed by atoms with Gasteiger partial charge >= 0.3 is 18.0 Å². The van der Waals surface area contributed by atoms with Crippen molar-refractivity contribution in [3.8, 4) is 0 Å². The molecule has 0 unspecified atom stereocenters. The van der Waals surface area contributed by atoms with Gasteiger partial charge in [0.15, 0.2) is 0 Å². The van der Waals surface area contributed by atoms with Crippen LogP contribution in [-0.2, 0) is 9.59 Å². The second-order valence-corrected chi connectivity index (χ2v) is 5.11. The molecule has 1 fully saturated rings. The van der Waals surface area contributed by atoms with Crippen LogP contribution in [0.2, 0.25) is 0 Å². The molecule has 0 heterocycles. The number of urea groups is 1. The maximum atomic E-state index is 12.0. The molecule has 3 N–H and O–H groups in total. The van der Waals surface area contributed by atoms with Crippen LogP contribution in [0.3, 0.4) is 0 Å². The SMILES string of the molecule is CCN(CC1CCC1)C(=O)N[C@@H](CCC(=O)O)C(=O)O. The van der Waals surface area contributed by atoms with Crippen molar-refractivity contribution in [1.82, 2.24) is 10.2 Å². The molecule has 0 radical (unpaired) electrons. The number of amides is 2. The van der Waals surface area contributed by atoms with Gasteiger partial charge in [-0.2, -0.15) is 0 Å². The van der Waals surface area contributed by atoms with Gasteiger partial charge in [0.25, 0.3) is 0 Å². The molecular weight excluding hydrogens is 264 g/mol. The molecule has 1 saturated carbocycles. The minimum absolute atomic E-state index is 0.114. The molecule has 0 bridgehead atoms. The average Bonchev–Trinajstić information content (AvgIpc) is 2.32. The zero-order chi connectivity index (χ0) is 15.1. The van der Waals surface area contributed by atoms with Gasteiger partial charge in [-0.1, -0.05) is 6.42 Å². The van der Waals surface area contributed by atoms with Crippen LogP contribution >= 0.6 is 0 Å². The van der Waals surface area contributed by atoms with Gasteiger partial charge in [0.05, 0.1) is 0 Å². The summed E-state index contributed by atoms with van der Waals surface area (Å²) in [7, 11) is 0. The molecule has 0 spiro atoms. The van der Waals surface area contributed by atoms with Crippen molar-refractivity contribution in [2.75, 3.05) is 13.1 Å². The molecule has 0 saturated heterocycles. The highest BCUT2D eigenvalue weighted by molar-refractivity contribution is 5.83. The monoisotopic (exact) mass is 286 g/mol. The molecule has 7 nitrogen and oxygen atoms in total. The molecule has 2 amide bonds. The molecule has 7 heteroatoms. The zero-order valence-corrected chi connectivity index (χ0v) is 11.7. The number of carboxylic acid groups (broad SMARTS) is 2. The van der Waals surface area contributed by atoms with Crippen LogP contribution in [0.1, 0.15) is 39.0 Å². The molecule has 1 atom stereocenters. The van der Waals surface area contributed by atoms with Crippen molar-refractivity contribution in [2.45, 2.75) is 45.1 Å². The number of carboxylic acids is 2. The third-order valence-electron chi connectivity index (χ3n) is 3.61. The Balaban J connectivity index is 2.49. The van der Waals surface area contributed by atoms with Gasteiger partial charge in [-0.15, -0.1) is 0 Å². The normalized spacial score (nSPS) is 16.1. The highest BCUT2D eigenvalue weighted by Gasteiger charge is 2.26. The second-order valence-electron chi connectivity index (χ2n) is 5.11. The largest absolute Gasteiger partial charge is 0.481 e. The van der Waals surface area contributed by atoms with E-state index in [1.54, 1.807) is 4.90 Å². The number of nitrogens with zero attached hydrogens (tertiary/aromatic N) is 1. The molecule has 0 aromatic heterocycles. The van der Waals surface area contributed by atoms with Gasteiger partial charge in [0, 0.05) is 19.5 Å². The number of carbonyl (C=O) groups is 3. The average molecular weight is 286 g/mol. The molecule has 114 valence electrons. The van der Waals surface area contributed by atoms with Crippen molar-refractivity contribution in [3.63, 3.8) is 0 Å². The van der Waals surface area contributed by atoms with Gasteiger partial charge in [-0.05, 0) is 32.1 Å². The van der Waals surface area contributed by atoms with Crippen LogP contribution in [0, 0.1) is 5.92 Å². The fourth-order valence-corrected chi connectivity index (χ4v) is 2.11. The number of nitrogens with one attached hydrogen (secondary N) is 1. The van der Waals surface area contributed by atoms with Gasteiger partial charge in [-0.3, -0.25) is 4.79 Å². The third-order valence-corrected chi connectivity index (χ3v) is 3.61. The summed E-state index contributed by atoms with van der Waals surface area (Å²) in [5.74, 6) is -1.78. The summed E-state index contributed by atoms with van der Waals surface area (Å²) in [5, 5.41) is 20.0. The number of hydrogen-bond donors (Lipinski definition) is 3. The Kier molecular flexibility index (Phi) is 6.27. The number of hydrogen-bond acceptors (Lipinski definition) is 3. The van der Waals surface area contributed by atoms with E-state index < -0.39 is 24.0 Å². The zero-order valence-electron chi connectivity index (χ0n) is 11.7. The second kappa shape index (κ2) is 7.72. The van der Waals surface area contributed by atoms with Crippen molar-refractivity contribution in [2.24, 2.45) is 5.92 Å². The summed E-state index contributed by atoms with van der Waals surface area (Å²) in [6.45, 7) is 2.98. The number of rotatable bonds is 8. The lowest BCUT2D eigenvalue weighted by molar-refractivity contribution is -0.140. The topological polar surface area (TPSA) is 107 Å². The van der Waals surface area contributed by atoms with Crippen LogP contribution in [0.4, 0.5) is 4.79 Å². The third kappa shape index (κ3) is 5.07. The van der Waals surface area contributed by atoms with Gasteiger partial charge in [0.2, 0.25) is 0 Å². The Labute approximate surface area is 117 Å². The fourth-order valence-electron chi connectivity index (χ4n) is 2.11. The van der Waals surface area contributed by atoms with Crippen LogP contribution in [0.25, 0.3) is 0 Å². The van der Waals surface area contributed by atoms with E-state index in [2.05, 4.69) is 5.32 Å². The Hall–Kier alpha value is -1.79. The summed E-state index contributed by atoms with van der Waals surface area (Å²) < 4.78 is 0. The van der Waals surface area contributed by atoms with Crippen molar-refractivity contribution in [3.05, 3.63) is 0 Å². The summed E-state index contributed by atoms with van der Waals surface area (Å²) >= 11 is 0. The van der Waals surface area contributed by atoms with Gasteiger partial charge in [-0.25, -0.2) is 9.59 Å². The first kappa shape index (κ1) is 16.3. The minimum atomic E-state index is -1.21. The summed E-state index contributed by atoms with van der Waals surface area (Å²) in [4.78, 5) is 35.1. The Bertz CT molecular complexity index is 368. The molecule has 1 aliphatic rings. The highest BCUT2D eigenvalue weighted by Crippen LogP contribution is 2.27. The molecule has 0 aliphatic heterocycles. The van der Waals surface area contributed by atoms with Crippen LogP contribution < -0.4 is 5.32 Å². The Morgan fingerprint density at radius 2 is 1.95 bits per heavy atom. The molecule has 20 heavy (non-hydrogen) atoms. The van der Waals surface area contributed by atoms with E-state index in [-0.39, 0.29) is 12.8 Å². The maximum Gasteiger partial charge on any atom is 0.326 e. The first-order chi connectivity index (χ1) is 9.43. The lowest BCUT2D eigenvalue weighted by atomic mass is 9.85. The predicted octanol–water partition coefficient (Wildman–Crippen LogP) is 1.14. The van der Waals surface area contributed by atoms with Crippen molar-refractivity contribution < 1.29 is 24.6 Å². The Morgan fingerprint density at radius 3 is 2.35 bits per heavy atom. The van der Waals surface area contributed by atoms with Crippen LogP contribution in [-0.4, -0.2) is 52.2 Å². The van der Waals surface area contributed by atoms with Gasteiger partial charge < -0.3 is 20.4 Å². The molecular formula is C13H22N2O5. The maximum absolute atomic E-state index is 12.0. The molecule has 0 aromatic rings. The molecule has 1 aliphatic carbocycles. The lowest BCUT2D eigenvalue weighted by Crippen LogP contribution is -2.49. The first-order valence-corrected chi connectivity index (χ1v) is 6.94. The highest BCUT2D eigenvalue weighted by atomic mass is 16.4. The standard InChI is InChI=1S/C13H22N2O5/c1-2-15(8-9-4-3-5-9)13(20)14-10(12(18)19)6-7-11(16)17/h9-10H,2-8H2,1H3,(H,14,20)(H,16,17)(H,18,19)/t10-/m0/s1. The summed E-state index contributed by atoms with van der Waals surface area (Å²) in [5.41, 5.74) is 0. The smallest absolute Gasteiger partial charge is 0.326 e. The van der Waals surface area contributed by atoms with E-state index in [1.807, 2.05) is 6.92 Å². The van der Waals surface area contributed by atoms with Crippen molar-refractivity contribution in [1.29, 1.82) is 0 Å². The van der Waals surface area contributed by atoms with E-state index in [0.29, 0.717) is 19.0 Å². The van der Waals surface area contributed by atoms with Gasteiger partial charge in [0.1, 0.15) is 6.04 Å². The van der Waals surface area contributed by atoms with Crippen molar-refractivity contribution >= 4 is 18.0 Å². The molecule has 1 rings (SSSR count). The van der Waals surface area contributed by atoms with E-state index in [9.17, 15) is 14.4 Å². The van der Waals surface area contributed by atoms with E-state index >= 15 is 0 Å². The first-order valence-electron chi connectivity index (χ1n) is 6.94. The van der Waals surface area contributed by atoms with E-state index in [0.717, 1.165) is 12.8 Å².